The molecule has 0 radical (unpaired) electrons. The molecular weight excluding hydrogens is 244 g/mol. The van der Waals surface area contributed by atoms with Crippen molar-refractivity contribution < 1.29 is 20.4 Å². The molecule has 0 rings (SSSR count). The maximum absolute atomic E-state index is 8.21. The highest BCUT2D eigenvalue weighted by atomic mass is 16.3. The lowest BCUT2D eigenvalue weighted by molar-refractivity contribution is 0.242. The average molecular weight is 278 g/mol. The first-order chi connectivity index (χ1) is 9.24. The second-order valence-electron chi connectivity index (χ2n) is 4.09. The Balaban J connectivity index is -0.000000203. The predicted molar refractivity (Wildman–Crippen MR) is 81.2 cm³/mol. The Morgan fingerprint density at radius 2 is 1.05 bits per heavy atom. The summed E-state index contributed by atoms with van der Waals surface area (Å²) in [5.74, 6) is 0. The van der Waals surface area contributed by atoms with Crippen molar-refractivity contribution in [2.45, 2.75) is 58.3 Å². The van der Waals surface area contributed by atoms with Gasteiger partial charge in [0.05, 0.1) is 0 Å². The second kappa shape index (κ2) is 30.5. The van der Waals surface area contributed by atoms with Crippen molar-refractivity contribution in [3.05, 3.63) is 12.7 Å². The van der Waals surface area contributed by atoms with Crippen LogP contribution in [0.25, 0.3) is 0 Å². The molecule has 0 heterocycles. The Kier molecular flexibility index (Phi) is 38.0. The second-order valence-corrected chi connectivity index (χ2v) is 4.09. The van der Waals surface area contributed by atoms with E-state index in [2.05, 4.69) is 13.5 Å². The summed E-state index contributed by atoms with van der Waals surface area (Å²) in [7, 11) is 0. The average Bonchev–Trinajstić information content (AvgIpc) is 2.45. The molecule has 0 fully saturated rings. The standard InChI is InChI=1S/C6H12.C5H12O2.C4H10O2/c1-3-5-6-4-2;6-4-2-1-3-5-7;5-3-1-2-4-6/h3H,1,4-6H2,2H3;6-7H,1-5H2;5-6H,1-4H2. The number of allylic oxidation sites excluding steroid dienone is 1. The number of rotatable bonds is 10. The lowest BCUT2D eigenvalue weighted by Crippen LogP contribution is -1.85. The Hall–Kier alpha value is -0.420. The normalized spacial score (nSPS) is 8.89. The summed E-state index contributed by atoms with van der Waals surface area (Å²) in [6.07, 6.45) is 9.73. The van der Waals surface area contributed by atoms with E-state index >= 15 is 0 Å². The van der Waals surface area contributed by atoms with Crippen LogP contribution in [0.5, 0.6) is 0 Å². The van der Waals surface area contributed by atoms with E-state index < -0.39 is 0 Å². The van der Waals surface area contributed by atoms with Crippen molar-refractivity contribution in [1.29, 1.82) is 0 Å². The zero-order chi connectivity index (χ0) is 15.2. The smallest absolute Gasteiger partial charge is 0.0431 e. The quantitative estimate of drug-likeness (QED) is 0.365. The summed E-state index contributed by atoms with van der Waals surface area (Å²) < 4.78 is 0. The Bertz CT molecular complexity index is 121. The van der Waals surface area contributed by atoms with E-state index in [9.17, 15) is 0 Å². The molecule has 0 unspecified atom stereocenters. The summed E-state index contributed by atoms with van der Waals surface area (Å²) in [6, 6.07) is 0. The summed E-state index contributed by atoms with van der Waals surface area (Å²) >= 11 is 0. The molecule has 19 heavy (non-hydrogen) atoms. The van der Waals surface area contributed by atoms with E-state index in [1.807, 2.05) is 6.08 Å². The lowest BCUT2D eigenvalue weighted by atomic mass is 10.2. The molecular formula is C15H34O4. The molecule has 0 saturated carbocycles. The van der Waals surface area contributed by atoms with E-state index in [-0.39, 0.29) is 26.4 Å². The third-order valence-electron chi connectivity index (χ3n) is 2.14. The molecule has 0 aromatic carbocycles. The summed E-state index contributed by atoms with van der Waals surface area (Å²) in [4.78, 5) is 0. The fourth-order valence-electron chi connectivity index (χ4n) is 0.972. The molecule has 4 heteroatoms. The van der Waals surface area contributed by atoms with Gasteiger partial charge in [0.2, 0.25) is 0 Å². The molecule has 0 aliphatic heterocycles. The van der Waals surface area contributed by atoms with Gasteiger partial charge in [0, 0.05) is 26.4 Å². The minimum atomic E-state index is 0.195. The molecule has 0 saturated heterocycles. The molecule has 4 nitrogen and oxygen atoms in total. The van der Waals surface area contributed by atoms with Crippen LogP contribution in [0.1, 0.15) is 58.3 Å². The minimum Gasteiger partial charge on any atom is -0.396 e. The van der Waals surface area contributed by atoms with Crippen LogP contribution in [-0.2, 0) is 0 Å². The topological polar surface area (TPSA) is 80.9 Å². The molecule has 0 aromatic rings. The number of hydrogen-bond acceptors (Lipinski definition) is 4. The van der Waals surface area contributed by atoms with E-state index in [4.69, 9.17) is 20.4 Å². The summed E-state index contributed by atoms with van der Waals surface area (Å²) in [5.41, 5.74) is 0. The van der Waals surface area contributed by atoms with Crippen molar-refractivity contribution in [2.24, 2.45) is 0 Å². The van der Waals surface area contributed by atoms with Crippen molar-refractivity contribution in [3.63, 3.8) is 0 Å². The van der Waals surface area contributed by atoms with Crippen LogP contribution in [-0.4, -0.2) is 46.9 Å². The maximum Gasteiger partial charge on any atom is 0.0431 e. The van der Waals surface area contributed by atoms with Crippen molar-refractivity contribution in [1.82, 2.24) is 0 Å². The monoisotopic (exact) mass is 278 g/mol. The largest absolute Gasteiger partial charge is 0.396 e. The molecule has 0 bridgehead atoms. The van der Waals surface area contributed by atoms with Gasteiger partial charge in [0.1, 0.15) is 0 Å². The first kappa shape index (κ1) is 23.7. The zero-order valence-electron chi connectivity index (χ0n) is 12.6. The van der Waals surface area contributed by atoms with Crippen molar-refractivity contribution in [2.75, 3.05) is 26.4 Å². The molecule has 118 valence electrons. The lowest BCUT2D eigenvalue weighted by Gasteiger charge is -1.90. The summed E-state index contributed by atoms with van der Waals surface area (Å²) in [6.45, 7) is 6.67. The molecule has 0 aromatic heterocycles. The van der Waals surface area contributed by atoms with Crippen molar-refractivity contribution in [3.8, 4) is 0 Å². The van der Waals surface area contributed by atoms with Gasteiger partial charge in [-0.1, -0.05) is 25.8 Å². The van der Waals surface area contributed by atoms with Crippen LogP contribution in [0.3, 0.4) is 0 Å². The molecule has 0 atom stereocenters. The molecule has 0 aliphatic rings. The zero-order valence-corrected chi connectivity index (χ0v) is 12.6. The van der Waals surface area contributed by atoms with Crippen LogP contribution in [0.2, 0.25) is 0 Å². The van der Waals surface area contributed by atoms with Gasteiger partial charge in [-0.3, -0.25) is 0 Å². The van der Waals surface area contributed by atoms with Gasteiger partial charge in [-0.15, -0.1) is 6.58 Å². The molecule has 4 N–H and O–H groups in total. The third-order valence-corrected chi connectivity index (χ3v) is 2.14. The predicted octanol–water partition coefficient (Wildman–Crippen LogP) is 2.26. The number of unbranched alkanes of at least 4 members (excludes halogenated alkanes) is 5. The van der Waals surface area contributed by atoms with Crippen LogP contribution in [0, 0.1) is 0 Å². The highest BCUT2D eigenvalue weighted by Gasteiger charge is 1.81. The van der Waals surface area contributed by atoms with Gasteiger partial charge in [0.25, 0.3) is 0 Å². The molecule has 0 amide bonds. The first-order valence-corrected chi connectivity index (χ1v) is 7.29. The van der Waals surface area contributed by atoms with Crippen LogP contribution >= 0.6 is 0 Å². The van der Waals surface area contributed by atoms with E-state index in [1.165, 1.54) is 19.3 Å². The van der Waals surface area contributed by atoms with E-state index in [0.717, 1.165) is 32.1 Å². The van der Waals surface area contributed by atoms with E-state index in [0.29, 0.717) is 0 Å². The number of aliphatic hydroxyl groups is 4. The highest BCUT2D eigenvalue weighted by molar-refractivity contribution is 4.64. The number of aliphatic hydroxyl groups excluding tert-OH is 4. The number of hydrogen-bond donors (Lipinski definition) is 4. The van der Waals surface area contributed by atoms with Gasteiger partial charge >= 0.3 is 0 Å². The van der Waals surface area contributed by atoms with Crippen LogP contribution in [0.4, 0.5) is 0 Å². The third kappa shape index (κ3) is 46.5. The van der Waals surface area contributed by atoms with Gasteiger partial charge in [-0.25, -0.2) is 0 Å². The SMILES string of the molecule is C=CCCCC.OCCCCCO.OCCCCO. The fourth-order valence-corrected chi connectivity index (χ4v) is 0.972. The van der Waals surface area contributed by atoms with E-state index in [1.54, 1.807) is 0 Å². The van der Waals surface area contributed by atoms with Crippen molar-refractivity contribution >= 4 is 0 Å². The Labute approximate surface area is 118 Å². The van der Waals surface area contributed by atoms with Gasteiger partial charge in [-0.05, 0) is 38.5 Å². The molecule has 0 spiro atoms. The maximum atomic E-state index is 8.21. The Morgan fingerprint density at radius 1 is 0.684 bits per heavy atom. The van der Waals surface area contributed by atoms with Gasteiger partial charge < -0.3 is 20.4 Å². The minimum absolute atomic E-state index is 0.195. The first-order valence-electron chi connectivity index (χ1n) is 7.29. The van der Waals surface area contributed by atoms with Gasteiger partial charge in [-0.2, -0.15) is 0 Å². The summed E-state index contributed by atoms with van der Waals surface area (Å²) in [5, 5.41) is 32.6. The van der Waals surface area contributed by atoms with Crippen LogP contribution in [0.15, 0.2) is 12.7 Å². The van der Waals surface area contributed by atoms with Gasteiger partial charge in [0.15, 0.2) is 0 Å². The highest BCUT2D eigenvalue weighted by Crippen LogP contribution is 1.91. The van der Waals surface area contributed by atoms with Crippen LogP contribution < -0.4 is 0 Å². The molecule has 0 aliphatic carbocycles. The fraction of sp³-hybridized carbons (Fsp3) is 0.867. The Morgan fingerprint density at radius 3 is 1.26 bits per heavy atom.